The molecule has 2 aromatic rings. The Morgan fingerprint density at radius 2 is 1.93 bits per heavy atom. The Morgan fingerprint density at radius 3 is 2.57 bits per heavy atom. The summed E-state index contributed by atoms with van der Waals surface area (Å²) in [5.41, 5.74) is 0.965. The molecule has 0 radical (unpaired) electrons. The third-order valence-corrected chi connectivity index (χ3v) is 7.04. The summed E-state index contributed by atoms with van der Waals surface area (Å²) in [4.78, 5) is 44.9. The van der Waals surface area contributed by atoms with Crippen LogP contribution in [0.15, 0.2) is 29.7 Å². The number of fused-ring (bicyclic) bond motifs is 1. The first kappa shape index (κ1) is 19.0. The number of rotatable bonds is 6. The minimum absolute atomic E-state index is 0.131. The van der Waals surface area contributed by atoms with E-state index in [-0.39, 0.29) is 42.5 Å². The largest absolute Gasteiger partial charge is 0.351 e. The molecule has 2 unspecified atom stereocenters. The zero-order valence-corrected chi connectivity index (χ0v) is 17.1. The number of allylic oxidation sites excluding steroid dienone is 2. The highest BCUT2D eigenvalue weighted by Gasteiger charge is 2.46. The average molecular weight is 416 g/mol. The van der Waals surface area contributed by atoms with Gasteiger partial charge in [0.25, 0.3) is 0 Å². The quantitative estimate of drug-likeness (QED) is 0.581. The molecule has 3 amide bonds. The van der Waals surface area contributed by atoms with E-state index in [1.54, 1.807) is 22.7 Å². The van der Waals surface area contributed by atoms with Gasteiger partial charge in [-0.1, -0.05) is 12.2 Å². The van der Waals surface area contributed by atoms with Crippen molar-refractivity contribution in [1.29, 1.82) is 0 Å². The van der Waals surface area contributed by atoms with E-state index in [1.165, 1.54) is 4.90 Å². The minimum Gasteiger partial charge on any atom is -0.351 e. The van der Waals surface area contributed by atoms with Gasteiger partial charge in [-0.15, -0.1) is 22.7 Å². The Hall–Kier alpha value is -2.32. The zero-order chi connectivity index (χ0) is 19.7. The lowest BCUT2D eigenvalue weighted by Crippen LogP contribution is -2.35. The number of hydrogen-bond acceptors (Lipinski definition) is 6. The normalized spacial score (nSPS) is 21.2. The van der Waals surface area contributed by atoms with E-state index < -0.39 is 0 Å². The Kier molecular flexibility index (Phi) is 5.41. The predicted molar refractivity (Wildman–Crippen MR) is 109 cm³/mol. The van der Waals surface area contributed by atoms with Crippen LogP contribution in [0.4, 0.5) is 0 Å². The molecule has 1 aliphatic carbocycles. The summed E-state index contributed by atoms with van der Waals surface area (Å²) < 4.78 is 0. The SMILES string of the molecule is Cc1nc(-c2ccc(CNC(=O)CCN3C(=O)C4CC=CCC4C3=O)s2)cs1. The smallest absolute Gasteiger partial charge is 0.233 e. The number of hydrogen-bond donors (Lipinski definition) is 1. The van der Waals surface area contributed by atoms with Gasteiger partial charge in [-0.25, -0.2) is 4.98 Å². The van der Waals surface area contributed by atoms with E-state index in [2.05, 4.69) is 10.3 Å². The molecule has 2 atom stereocenters. The molecule has 0 saturated carbocycles. The Bertz CT molecular complexity index is 920. The van der Waals surface area contributed by atoms with Crippen LogP contribution in [0.3, 0.4) is 0 Å². The third-order valence-electron chi connectivity index (χ3n) is 5.15. The highest BCUT2D eigenvalue weighted by molar-refractivity contribution is 7.16. The summed E-state index contributed by atoms with van der Waals surface area (Å²) in [6, 6.07) is 4.00. The molecule has 8 heteroatoms. The van der Waals surface area contributed by atoms with Crippen molar-refractivity contribution in [2.75, 3.05) is 6.54 Å². The number of thiazole rings is 1. The van der Waals surface area contributed by atoms with Gasteiger partial charge in [0.2, 0.25) is 17.7 Å². The highest BCUT2D eigenvalue weighted by Crippen LogP contribution is 2.35. The standard InChI is InChI=1S/C20H21N3O3S2/c1-12-22-16(11-27-12)17-7-6-13(28-17)10-21-18(24)8-9-23-19(25)14-4-2-3-5-15(14)20(23)26/h2-3,6-7,11,14-15H,4-5,8-10H2,1H3,(H,21,24). The third kappa shape index (κ3) is 3.79. The van der Waals surface area contributed by atoms with Crippen LogP contribution in [0.25, 0.3) is 10.6 Å². The molecule has 1 aliphatic heterocycles. The van der Waals surface area contributed by atoms with Crippen LogP contribution in [0.2, 0.25) is 0 Å². The van der Waals surface area contributed by atoms with Gasteiger partial charge in [-0.2, -0.15) is 0 Å². The monoisotopic (exact) mass is 415 g/mol. The van der Waals surface area contributed by atoms with Gasteiger partial charge in [-0.05, 0) is 31.9 Å². The number of aromatic nitrogens is 1. The fourth-order valence-electron chi connectivity index (χ4n) is 3.66. The molecule has 4 rings (SSSR count). The van der Waals surface area contributed by atoms with Crippen molar-refractivity contribution in [3.63, 3.8) is 0 Å². The van der Waals surface area contributed by atoms with E-state index in [1.807, 2.05) is 36.6 Å². The van der Waals surface area contributed by atoms with Gasteiger partial charge in [0.1, 0.15) is 0 Å². The van der Waals surface area contributed by atoms with Gasteiger partial charge in [0.15, 0.2) is 0 Å². The average Bonchev–Trinajstić information content (AvgIpc) is 3.39. The molecule has 28 heavy (non-hydrogen) atoms. The molecule has 146 valence electrons. The number of likely N-dealkylation sites (tertiary alicyclic amines) is 1. The first-order valence-electron chi connectivity index (χ1n) is 9.31. The first-order valence-corrected chi connectivity index (χ1v) is 11.0. The lowest BCUT2D eigenvalue weighted by molar-refractivity contribution is -0.140. The summed E-state index contributed by atoms with van der Waals surface area (Å²) >= 11 is 3.22. The van der Waals surface area contributed by atoms with E-state index in [9.17, 15) is 14.4 Å². The molecule has 1 fully saturated rings. The number of nitrogens with zero attached hydrogens (tertiary/aromatic N) is 2. The number of carbonyl (C=O) groups is 3. The van der Waals surface area contributed by atoms with Crippen molar-refractivity contribution in [2.24, 2.45) is 11.8 Å². The van der Waals surface area contributed by atoms with Crippen molar-refractivity contribution in [2.45, 2.75) is 32.7 Å². The fraction of sp³-hybridized carbons (Fsp3) is 0.400. The number of carbonyl (C=O) groups excluding carboxylic acids is 3. The predicted octanol–water partition coefficient (Wildman–Crippen LogP) is 3.14. The van der Waals surface area contributed by atoms with Crippen LogP contribution in [0.1, 0.15) is 29.1 Å². The number of aryl methyl sites for hydroxylation is 1. The second-order valence-corrected chi connectivity index (χ2v) is 9.26. The molecule has 0 bridgehead atoms. The van der Waals surface area contributed by atoms with Crippen molar-refractivity contribution in [3.05, 3.63) is 39.5 Å². The molecular formula is C20H21N3O3S2. The molecule has 0 spiro atoms. The lowest BCUT2D eigenvalue weighted by atomic mass is 9.85. The highest BCUT2D eigenvalue weighted by atomic mass is 32.1. The maximum Gasteiger partial charge on any atom is 0.233 e. The van der Waals surface area contributed by atoms with Crippen LogP contribution >= 0.6 is 22.7 Å². The second kappa shape index (κ2) is 7.97. The number of thiophene rings is 1. The fourth-order valence-corrected chi connectivity index (χ4v) is 5.26. The van der Waals surface area contributed by atoms with Gasteiger partial charge in [0, 0.05) is 23.2 Å². The Labute approximate surface area is 171 Å². The van der Waals surface area contributed by atoms with E-state index in [4.69, 9.17) is 0 Å². The zero-order valence-electron chi connectivity index (χ0n) is 15.5. The summed E-state index contributed by atoms with van der Waals surface area (Å²) in [6.45, 7) is 2.57. The summed E-state index contributed by atoms with van der Waals surface area (Å²) in [5.74, 6) is -0.894. The summed E-state index contributed by atoms with van der Waals surface area (Å²) in [7, 11) is 0. The first-order chi connectivity index (χ1) is 13.5. The minimum atomic E-state index is -0.237. The summed E-state index contributed by atoms with van der Waals surface area (Å²) in [6.07, 6.45) is 5.30. The van der Waals surface area contributed by atoms with Crippen LogP contribution in [-0.2, 0) is 20.9 Å². The maximum absolute atomic E-state index is 12.4. The molecule has 3 heterocycles. The van der Waals surface area contributed by atoms with Crippen molar-refractivity contribution >= 4 is 40.4 Å². The van der Waals surface area contributed by atoms with Crippen molar-refractivity contribution in [1.82, 2.24) is 15.2 Å². The molecule has 6 nitrogen and oxygen atoms in total. The lowest BCUT2D eigenvalue weighted by Gasteiger charge is -2.14. The molecule has 2 aliphatic rings. The van der Waals surface area contributed by atoms with Gasteiger partial charge < -0.3 is 5.32 Å². The van der Waals surface area contributed by atoms with Gasteiger partial charge >= 0.3 is 0 Å². The van der Waals surface area contributed by atoms with Gasteiger partial charge in [0.05, 0.1) is 34.0 Å². The second-order valence-electron chi connectivity index (χ2n) is 7.03. The van der Waals surface area contributed by atoms with Crippen molar-refractivity contribution < 1.29 is 14.4 Å². The Balaban J connectivity index is 1.27. The Morgan fingerprint density at radius 1 is 1.21 bits per heavy atom. The van der Waals surface area contributed by atoms with Crippen LogP contribution in [-0.4, -0.2) is 34.2 Å². The van der Waals surface area contributed by atoms with Crippen LogP contribution in [0.5, 0.6) is 0 Å². The van der Waals surface area contributed by atoms with Crippen molar-refractivity contribution in [3.8, 4) is 10.6 Å². The van der Waals surface area contributed by atoms with E-state index in [0.29, 0.717) is 19.4 Å². The molecule has 2 aromatic heterocycles. The number of amides is 3. The summed E-state index contributed by atoms with van der Waals surface area (Å²) in [5, 5.41) is 5.93. The number of imide groups is 1. The van der Waals surface area contributed by atoms with Crippen LogP contribution in [0, 0.1) is 18.8 Å². The molecule has 1 saturated heterocycles. The number of nitrogens with one attached hydrogen (secondary N) is 1. The van der Waals surface area contributed by atoms with E-state index >= 15 is 0 Å². The van der Waals surface area contributed by atoms with Gasteiger partial charge in [-0.3, -0.25) is 19.3 Å². The molecular weight excluding hydrogens is 394 g/mol. The topological polar surface area (TPSA) is 79.4 Å². The maximum atomic E-state index is 12.4. The molecule has 1 N–H and O–H groups in total. The molecule has 0 aromatic carbocycles. The van der Waals surface area contributed by atoms with E-state index in [0.717, 1.165) is 20.5 Å². The van der Waals surface area contributed by atoms with Crippen LogP contribution < -0.4 is 5.32 Å².